The topological polar surface area (TPSA) is 63.6 Å². The molecule has 3 aliphatic rings. The highest BCUT2D eigenvalue weighted by Gasteiger charge is 2.69. The van der Waals surface area contributed by atoms with Gasteiger partial charge in [0.2, 0.25) is 0 Å². The van der Waals surface area contributed by atoms with Crippen molar-refractivity contribution in [2.45, 2.75) is 39.7 Å². The molecule has 0 amide bonds. The maximum absolute atomic E-state index is 12.1. The molecule has 2 fully saturated rings. The molecule has 1 aliphatic heterocycles. The molecular weight excluding hydrogens is 244 g/mol. The molecule has 0 aromatic carbocycles. The van der Waals surface area contributed by atoms with Gasteiger partial charge in [0.05, 0.1) is 5.57 Å². The van der Waals surface area contributed by atoms with Gasteiger partial charge in [0, 0.05) is 11.5 Å². The van der Waals surface area contributed by atoms with Crippen LogP contribution in [0.4, 0.5) is 0 Å². The van der Waals surface area contributed by atoms with E-state index in [0.29, 0.717) is 11.8 Å². The van der Waals surface area contributed by atoms with E-state index in [9.17, 15) is 9.59 Å². The van der Waals surface area contributed by atoms with Gasteiger partial charge in [-0.25, -0.2) is 9.59 Å². The summed E-state index contributed by atoms with van der Waals surface area (Å²) in [6, 6.07) is 0. The normalized spacial score (nSPS) is 40.8. The number of ether oxygens (including phenoxy) is 1. The monoisotopic (exact) mass is 262 g/mol. The molecule has 0 aromatic heterocycles. The fourth-order valence-corrected chi connectivity index (χ4v) is 3.93. The third-order valence-electron chi connectivity index (χ3n) is 5.19. The number of carbonyl (C=O) groups excluding carboxylic acids is 1. The van der Waals surface area contributed by atoms with Crippen molar-refractivity contribution < 1.29 is 19.4 Å². The van der Waals surface area contributed by atoms with Crippen molar-refractivity contribution in [2.75, 3.05) is 0 Å². The van der Waals surface area contributed by atoms with Crippen molar-refractivity contribution in [3.05, 3.63) is 22.8 Å². The van der Waals surface area contributed by atoms with Gasteiger partial charge >= 0.3 is 11.9 Å². The minimum atomic E-state index is -1.08. The van der Waals surface area contributed by atoms with Gasteiger partial charge in [-0.2, -0.15) is 0 Å². The van der Waals surface area contributed by atoms with Crippen LogP contribution < -0.4 is 0 Å². The third-order valence-corrected chi connectivity index (χ3v) is 5.19. The largest absolute Gasteiger partial charge is 0.478 e. The average molecular weight is 262 g/mol. The lowest BCUT2D eigenvalue weighted by Crippen LogP contribution is -2.40. The lowest BCUT2D eigenvalue weighted by molar-refractivity contribution is -0.152. The summed E-state index contributed by atoms with van der Waals surface area (Å²) in [6.07, 6.45) is 2.85. The van der Waals surface area contributed by atoms with Crippen LogP contribution in [0.25, 0.3) is 0 Å². The number of esters is 1. The van der Waals surface area contributed by atoms with Crippen molar-refractivity contribution in [3.63, 3.8) is 0 Å². The standard InChI is InChI=1S/C15H18O4/c1-7(12(16)17)8-5-11-14(2,3)9-6-10(9)15(11,4)19-13(8)18/h5,9-10H,6H2,1-4H3,(H,16,17)/t9-,10+,15+/m1/s1. The van der Waals surface area contributed by atoms with E-state index in [4.69, 9.17) is 9.84 Å². The molecule has 2 saturated carbocycles. The molecule has 2 aliphatic carbocycles. The van der Waals surface area contributed by atoms with E-state index in [-0.39, 0.29) is 16.6 Å². The average Bonchev–Trinajstić information content (AvgIpc) is 3.05. The molecule has 19 heavy (non-hydrogen) atoms. The molecule has 3 rings (SSSR count). The van der Waals surface area contributed by atoms with Gasteiger partial charge in [-0.1, -0.05) is 13.8 Å². The van der Waals surface area contributed by atoms with Gasteiger partial charge in [-0.15, -0.1) is 0 Å². The number of fused-ring (bicyclic) bond motifs is 3. The second-order valence-corrected chi connectivity index (χ2v) is 6.57. The van der Waals surface area contributed by atoms with E-state index in [2.05, 4.69) is 13.8 Å². The maximum atomic E-state index is 12.1. The first-order chi connectivity index (χ1) is 8.69. The fraction of sp³-hybridized carbons (Fsp3) is 0.600. The van der Waals surface area contributed by atoms with Crippen LogP contribution in [0.2, 0.25) is 0 Å². The van der Waals surface area contributed by atoms with Crippen LogP contribution in [-0.2, 0) is 14.3 Å². The quantitative estimate of drug-likeness (QED) is 0.582. The summed E-state index contributed by atoms with van der Waals surface area (Å²) >= 11 is 0. The Morgan fingerprint density at radius 3 is 2.58 bits per heavy atom. The molecule has 0 unspecified atom stereocenters. The zero-order valence-electron chi connectivity index (χ0n) is 11.6. The molecule has 0 spiro atoms. The summed E-state index contributed by atoms with van der Waals surface area (Å²) in [7, 11) is 0. The Labute approximate surface area is 112 Å². The SMILES string of the molecule is CC(C(=O)O)=C1C=C2C(C)(C)[C@@H]3C[C@@H]3[C@]2(C)OC1=O. The number of rotatable bonds is 1. The molecular formula is C15H18O4. The van der Waals surface area contributed by atoms with Crippen molar-refractivity contribution >= 4 is 11.9 Å². The van der Waals surface area contributed by atoms with Crippen molar-refractivity contribution in [2.24, 2.45) is 17.3 Å². The Morgan fingerprint density at radius 1 is 1.37 bits per heavy atom. The van der Waals surface area contributed by atoms with Crippen molar-refractivity contribution in [1.82, 2.24) is 0 Å². The summed E-state index contributed by atoms with van der Waals surface area (Å²) in [5, 5.41) is 9.05. The smallest absolute Gasteiger partial charge is 0.339 e. The number of hydrogen-bond donors (Lipinski definition) is 1. The van der Waals surface area contributed by atoms with Crippen molar-refractivity contribution in [3.8, 4) is 0 Å². The Morgan fingerprint density at radius 2 is 2.00 bits per heavy atom. The van der Waals surface area contributed by atoms with Gasteiger partial charge in [0.1, 0.15) is 5.60 Å². The first kappa shape index (κ1) is 12.5. The first-order valence-corrected chi connectivity index (χ1v) is 6.59. The predicted octanol–water partition coefficient (Wildman–Crippen LogP) is 2.31. The number of hydrogen-bond acceptors (Lipinski definition) is 3. The molecule has 3 atom stereocenters. The Kier molecular flexibility index (Phi) is 2.16. The van der Waals surface area contributed by atoms with E-state index in [1.165, 1.54) is 6.92 Å². The summed E-state index contributed by atoms with van der Waals surface area (Å²) < 4.78 is 5.64. The lowest BCUT2D eigenvalue weighted by Gasteiger charge is -2.38. The number of carboxylic acid groups (broad SMARTS) is 1. The maximum Gasteiger partial charge on any atom is 0.339 e. The zero-order valence-corrected chi connectivity index (χ0v) is 11.6. The molecule has 0 saturated heterocycles. The van der Waals surface area contributed by atoms with Gasteiger partial charge in [0.15, 0.2) is 0 Å². The third kappa shape index (κ3) is 1.40. The molecule has 102 valence electrons. The van der Waals surface area contributed by atoms with Gasteiger partial charge < -0.3 is 9.84 Å². The molecule has 4 heteroatoms. The molecule has 0 radical (unpaired) electrons. The summed E-state index contributed by atoms with van der Waals surface area (Å²) in [4.78, 5) is 23.1. The molecule has 4 nitrogen and oxygen atoms in total. The molecule has 1 N–H and O–H groups in total. The highest BCUT2D eigenvalue weighted by Crippen LogP contribution is 2.70. The second-order valence-electron chi connectivity index (χ2n) is 6.57. The van der Waals surface area contributed by atoms with Crippen LogP contribution in [0.1, 0.15) is 34.1 Å². The van der Waals surface area contributed by atoms with E-state index in [1.807, 2.05) is 6.92 Å². The van der Waals surface area contributed by atoms with Gasteiger partial charge in [-0.3, -0.25) is 0 Å². The van der Waals surface area contributed by atoms with Gasteiger partial charge in [-0.05, 0) is 43.3 Å². The minimum absolute atomic E-state index is 0.0237. The summed E-state index contributed by atoms with van der Waals surface area (Å²) in [5.74, 6) is -0.645. The van der Waals surface area contributed by atoms with E-state index >= 15 is 0 Å². The van der Waals surface area contributed by atoms with Crippen molar-refractivity contribution in [1.29, 1.82) is 0 Å². The van der Waals surface area contributed by atoms with Gasteiger partial charge in [0.25, 0.3) is 0 Å². The highest BCUT2D eigenvalue weighted by atomic mass is 16.6. The molecule has 0 aromatic rings. The van der Waals surface area contributed by atoms with Crippen LogP contribution in [-0.4, -0.2) is 22.6 Å². The fourth-order valence-electron chi connectivity index (χ4n) is 3.93. The minimum Gasteiger partial charge on any atom is -0.478 e. The number of carbonyl (C=O) groups is 2. The molecule has 1 heterocycles. The van der Waals surface area contributed by atoms with E-state index in [0.717, 1.165) is 12.0 Å². The summed E-state index contributed by atoms with van der Waals surface area (Å²) in [6.45, 7) is 7.72. The van der Waals surface area contributed by atoms with Crippen LogP contribution >= 0.6 is 0 Å². The predicted molar refractivity (Wildman–Crippen MR) is 68.3 cm³/mol. The first-order valence-electron chi connectivity index (χ1n) is 6.59. The second kappa shape index (κ2) is 3.30. The zero-order chi connectivity index (χ0) is 14.2. The summed E-state index contributed by atoms with van der Waals surface area (Å²) in [5.41, 5.74) is 0.749. The highest BCUT2D eigenvalue weighted by molar-refractivity contribution is 6.02. The number of carboxylic acids is 1. The number of aliphatic carboxylic acids is 1. The Hall–Kier alpha value is -1.58. The van der Waals surface area contributed by atoms with Crippen LogP contribution in [0.15, 0.2) is 22.8 Å². The Balaban J connectivity index is 2.17. The molecule has 0 bridgehead atoms. The van der Waals surface area contributed by atoms with E-state index in [1.54, 1.807) is 6.08 Å². The van der Waals surface area contributed by atoms with Crippen LogP contribution in [0, 0.1) is 17.3 Å². The van der Waals surface area contributed by atoms with E-state index < -0.39 is 17.5 Å². The van der Waals surface area contributed by atoms with Crippen LogP contribution in [0.5, 0.6) is 0 Å². The lowest BCUT2D eigenvalue weighted by atomic mass is 9.75. The Bertz CT molecular complexity index is 567. The van der Waals surface area contributed by atoms with Crippen LogP contribution in [0.3, 0.4) is 0 Å².